The van der Waals surface area contributed by atoms with Crippen LogP contribution in [0.3, 0.4) is 0 Å². The molecule has 164 valence electrons. The molecule has 0 N–H and O–H groups in total. The second-order valence-electron chi connectivity index (χ2n) is 8.00. The van der Waals surface area contributed by atoms with Gasteiger partial charge in [-0.25, -0.2) is 4.68 Å². The number of ether oxygens (including phenoxy) is 2. The van der Waals surface area contributed by atoms with Crippen LogP contribution in [0.2, 0.25) is 0 Å². The number of amides is 1. The number of nitrogens with zero attached hydrogens (tertiary/aromatic N) is 3. The molecule has 0 saturated carbocycles. The first-order valence-electron chi connectivity index (χ1n) is 10.5. The summed E-state index contributed by atoms with van der Waals surface area (Å²) < 4.78 is 13.4. The highest BCUT2D eigenvalue weighted by Crippen LogP contribution is 2.32. The van der Waals surface area contributed by atoms with Gasteiger partial charge in [0.15, 0.2) is 0 Å². The fourth-order valence-electron chi connectivity index (χ4n) is 3.32. The van der Waals surface area contributed by atoms with Crippen molar-refractivity contribution in [2.75, 3.05) is 14.2 Å². The topological polar surface area (TPSA) is 56.6 Å². The van der Waals surface area contributed by atoms with Crippen LogP contribution in [0, 0.1) is 13.8 Å². The molecule has 0 fully saturated rings. The Hall–Kier alpha value is -3.28. The van der Waals surface area contributed by atoms with Crippen molar-refractivity contribution < 1.29 is 14.3 Å². The van der Waals surface area contributed by atoms with E-state index < -0.39 is 0 Å². The van der Waals surface area contributed by atoms with E-state index in [1.165, 1.54) is 0 Å². The van der Waals surface area contributed by atoms with Crippen molar-refractivity contribution in [3.8, 4) is 23.1 Å². The lowest BCUT2D eigenvalue weighted by Crippen LogP contribution is -2.33. The van der Waals surface area contributed by atoms with Crippen LogP contribution in [-0.2, 0) is 11.2 Å². The van der Waals surface area contributed by atoms with Crippen molar-refractivity contribution in [2.45, 2.75) is 46.6 Å². The minimum absolute atomic E-state index is 0.105. The Balaban J connectivity index is 1.98. The summed E-state index contributed by atoms with van der Waals surface area (Å²) in [5, 5.41) is 4.74. The molecule has 0 aliphatic carbocycles. The summed E-state index contributed by atoms with van der Waals surface area (Å²) in [5.74, 6) is 2.25. The Kier molecular flexibility index (Phi) is 7.00. The fraction of sp³-hybridized carbons (Fsp3) is 0.360. The van der Waals surface area contributed by atoms with E-state index in [-0.39, 0.29) is 11.9 Å². The van der Waals surface area contributed by atoms with Crippen molar-refractivity contribution in [1.29, 1.82) is 0 Å². The summed E-state index contributed by atoms with van der Waals surface area (Å²) in [6.45, 7) is 8.00. The average molecular weight is 422 g/mol. The molecular weight excluding hydrogens is 390 g/mol. The summed E-state index contributed by atoms with van der Waals surface area (Å²) >= 11 is 0. The highest BCUT2D eigenvalue weighted by Gasteiger charge is 2.21. The number of methoxy groups -OCH3 is 1. The van der Waals surface area contributed by atoms with Gasteiger partial charge in [0, 0.05) is 25.1 Å². The first-order chi connectivity index (χ1) is 14.8. The van der Waals surface area contributed by atoms with Gasteiger partial charge in [-0.05, 0) is 76.1 Å². The van der Waals surface area contributed by atoms with E-state index >= 15 is 0 Å². The van der Waals surface area contributed by atoms with Crippen molar-refractivity contribution in [3.63, 3.8) is 0 Å². The van der Waals surface area contributed by atoms with Gasteiger partial charge in [-0.3, -0.25) is 4.79 Å². The van der Waals surface area contributed by atoms with Crippen LogP contribution in [-0.4, -0.2) is 40.8 Å². The zero-order chi connectivity index (χ0) is 22.5. The third-order valence-electron chi connectivity index (χ3n) is 5.42. The monoisotopic (exact) mass is 421 g/mol. The van der Waals surface area contributed by atoms with E-state index in [1.807, 2.05) is 83.3 Å². The summed E-state index contributed by atoms with van der Waals surface area (Å²) in [4.78, 5) is 14.3. The molecule has 0 spiro atoms. The molecule has 1 amide bonds. The second kappa shape index (κ2) is 9.69. The quantitative estimate of drug-likeness (QED) is 0.508. The molecule has 0 aliphatic heterocycles. The highest BCUT2D eigenvalue weighted by atomic mass is 16.5. The molecule has 6 heteroatoms. The molecule has 3 aromatic rings. The fourth-order valence-corrected chi connectivity index (χ4v) is 3.32. The van der Waals surface area contributed by atoms with Crippen molar-refractivity contribution in [1.82, 2.24) is 14.7 Å². The van der Waals surface area contributed by atoms with Gasteiger partial charge in [0.2, 0.25) is 11.8 Å². The van der Waals surface area contributed by atoms with Crippen molar-refractivity contribution in [2.24, 2.45) is 0 Å². The Morgan fingerprint density at radius 3 is 2.42 bits per heavy atom. The predicted octanol–water partition coefficient (Wildman–Crippen LogP) is 5.09. The summed E-state index contributed by atoms with van der Waals surface area (Å²) in [6, 6.07) is 15.7. The van der Waals surface area contributed by atoms with Gasteiger partial charge in [0.05, 0.1) is 18.5 Å². The molecule has 0 radical (unpaired) electrons. The highest BCUT2D eigenvalue weighted by molar-refractivity contribution is 5.76. The number of rotatable bonds is 8. The van der Waals surface area contributed by atoms with Gasteiger partial charge in [0.25, 0.3) is 0 Å². The van der Waals surface area contributed by atoms with Crippen molar-refractivity contribution in [3.05, 3.63) is 65.4 Å². The molecule has 1 aromatic heterocycles. The minimum atomic E-state index is 0.105. The Morgan fingerprint density at radius 2 is 1.81 bits per heavy atom. The largest absolute Gasteiger partial charge is 0.497 e. The van der Waals surface area contributed by atoms with E-state index in [0.29, 0.717) is 18.7 Å². The maximum absolute atomic E-state index is 12.6. The van der Waals surface area contributed by atoms with Crippen LogP contribution in [0.1, 0.15) is 37.1 Å². The average Bonchev–Trinajstić information content (AvgIpc) is 3.06. The van der Waals surface area contributed by atoms with Crippen LogP contribution >= 0.6 is 0 Å². The zero-order valence-electron chi connectivity index (χ0n) is 19.2. The molecule has 3 rings (SSSR count). The van der Waals surface area contributed by atoms with E-state index in [1.54, 1.807) is 16.7 Å². The number of benzene rings is 2. The lowest BCUT2D eigenvalue weighted by atomic mass is 10.1. The van der Waals surface area contributed by atoms with E-state index in [2.05, 4.69) is 0 Å². The maximum Gasteiger partial charge on any atom is 0.226 e. The van der Waals surface area contributed by atoms with Gasteiger partial charge in [-0.15, -0.1) is 0 Å². The third-order valence-corrected chi connectivity index (χ3v) is 5.42. The van der Waals surface area contributed by atoms with E-state index in [9.17, 15) is 4.79 Å². The van der Waals surface area contributed by atoms with Crippen LogP contribution in [0.4, 0.5) is 0 Å². The van der Waals surface area contributed by atoms with Gasteiger partial charge in [0.1, 0.15) is 11.5 Å². The molecule has 0 bridgehead atoms. The zero-order valence-corrected chi connectivity index (χ0v) is 19.2. The van der Waals surface area contributed by atoms with Crippen LogP contribution in [0.5, 0.6) is 17.4 Å². The summed E-state index contributed by atoms with van der Waals surface area (Å²) in [6.07, 6.45) is 0.951. The first-order valence-corrected chi connectivity index (χ1v) is 10.5. The number of hydrogen-bond acceptors (Lipinski definition) is 4. The maximum atomic E-state index is 12.6. The van der Waals surface area contributed by atoms with E-state index in [0.717, 1.165) is 34.0 Å². The molecule has 0 atom stereocenters. The van der Waals surface area contributed by atoms with E-state index in [4.69, 9.17) is 14.6 Å². The lowest BCUT2D eigenvalue weighted by molar-refractivity contribution is -0.131. The normalized spacial score (nSPS) is 10.9. The van der Waals surface area contributed by atoms with Crippen LogP contribution in [0.15, 0.2) is 48.5 Å². The molecule has 6 nitrogen and oxygen atoms in total. The Labute approximate surface area is 184 Å². The first kappa shape index (κ1) is 22.4. The van der Waals surface area contributed by atoms with Gasteiger partial charge in [-0.1, -0.05) is 12.1 Å². The minimum Gasteiger partial charge on any atom is -0.497 e. The number of hydrogen-bond donors (Lipinski definition) is 0. The van der Waals surface area contributed by atoms with Gasteiger partial charge >= 0.3 is 0 Å². The molecule has 2 aromatic carbocycles. The third kappa shape index (κ3) is 5.26. The van der Waals surface area contributed by atoms with Gasteiger partial charge in [-0.2, -0.15) is 5.10 Å². The van der Waals surface area contributed by atoms with Crippen LogP contribution < -0.4 is 9.47 Å². The standard InChI is InChI=1S/C25H31N3O3/c1-17(2)27(5)24(29)15-14-23-19(4)26-28(20-10-12-21(30-6)13-11-20)25(23)31-22-9-7-8-18(3)16-22/h7-13,16-17H,14-15H2,1-6H3. The summed E-state index contributed by atoms with van der Waals surface area (Å²) in [7, 11) is 3.48. The number of aromatic nitrogens is 2. The molecular formula is C25H31N3O3. The molecule has 1 heterocycles. The SMILES string of the molecule is COc1ccc(-n2nc(C)c(CCC(=O)N(C)C(C)C)c2Oc2cccc(C)c2)cc1. The number of aryl methyl sites for hydroxylation is 2. The smallest absolute Gasteiger partial charge is 0.226 e. The second-order valence-corrected chi connectivity index (χ2v) is 8.00. The molecule has 31 heavy (non-hydrogen) atoms. The van der Waals surface area contributed by atoms with Crippen molar-refractivity contribution >= 4 is 5.91 Å². The number of carbonyl (C=O) groups excluding carboxylic acids is 1. The summed E-state index contributed by atoms with van der Waals surface area (Å²) in [5.41, 5.74) is 3.75. The lowest BCUT2D eigenvalue weighted by Gasteiger charge is -2.21. The predicted molar refractivity (Wildman–Crippen MR) is 122 cm³/mol. The Bertz CT molecular complexity index is 1040. The molecule has 0 aliphatic rings. The molecule has 0 unspecified atom stereocenters. The van der Waals surface area contributed by atoms with Crippen LogP contribution in [0.25, 0.3) is 5.69 Å². The molecule has 0 saturated heterocycles. The number of carbonyl (C=O) groups is 1. The van der Waals surface area contributed by atoms with Gasteiger partial charge < -0.3 is 14.4 Å². The Morgan fingerprint density at radius 1 is 1.10 bits per heavy atom.